The van der Waals surface area contributed by atoms with Gasteiger partial charge in [0, 0.05) is 22.7 Å². The molecule has 3 rings (SSSR count). The molecule has 2 aromatic carbocycles. The van der Waals surface area contributed by atoms with Gasteiger partial charge >= 0.3 is 0 Å². The van der Waals surface area contributed by atoms with Crippen molar-refractivity contribution in [3.05, 3.63) is 64.4 Å². The first-order valence-corrected chi connectivity index (χ1v) is 9.01. The molecule has 136 valence electrons. The van der Waals surface area contributed by atoms with E-state index in [1.54, 1.807) is 35.2 Å². The van der Waals surface area contributed by atoms with Crippen LogP contribution in [0.3, 0.4) is 0 Å². The van der Waals surface area contributed by atoms with Crippen molar-refractivity contribution in [2.45, 2.75) is 32.2 Å². The zero-order valence-electron chi connectivity index (χ0n) is 14.5. The van der Waals surface area contributed by atoms with Crippen LogP contribution in [0, 0.1) is 5.82 Å². The first-order chi connectivity index (χ1) is 12.5. The summed E-state index contributed by atoms with van der Waals surface area (Å²) >= 11 is 6.18. The third kappa shape index (κ3) is 3.88. The van der Waals surface area contributed by atoms with Crippen LogP contribution in [0.5, 0.6) is 0 Å². The second-order valence-corrected chi connectivity index (χ2v) is 6.80. The first-order valence-electron chi connectivity index (χ1n) is 8.64. The Hall–Kier alpha value is -2.40. The fraction of sp³-hybridized carbons (Fsp3) is 0.300. The number of hydrogen-bond donors (Lipinski definition) is 1. The summed E-state index contributed by atoms with van der Waals surface area (Å²) in [4.78, 5) is 26.7. The van der Waals surface area contributed by atoms with Crippen molar-refractivity contribution in [1.82, 2.24) is 4.90 Å². The van der Waals surface area contributed by atoms with Crippen LogP contribution >= 0.6 is 11.6 Å². The normalized spacial score (nSPS) is 16.7. The molecule has 2 aromatic rings. The Morgan fingerprint density at radius 2 is 2.00 bits per heavy atom. The van der Waals surface area contributed by atoms with Crippen molar-refractivity contribution >= 4 is 29.1 Å². The molecule has 1 aliphatic heterocycles. The number of rotatable bonds is 4. The van der Waals surface area contributed by atoms with Crippen molar-refractivity contribution in [3.8, 4) is 0 Å². The van der Waals surface area contributed by atoms with Crippen LogP contribution in [0.1, 0.15) is 43.4 Å². The summed E-state index contributed by atoms with van der Waals surface area (Å²) < 4.78 is 13.4. The minimum atomic E-state index is -0.507. The number of carbonyl (C=O) groups excluding carboxylic acids is 2. The van der Waals surface area contributed by atoms with Crippen molar-refractivity contribution < 1.29 is 14.0 Å². The van der Waals surface area contributed by atoms with Crippen molar-refractivity contribution in [2.75, 3.05) is 11.9 Å². The van der Waals surface area contributed by atoms with Gasteiger partial charge in [-0.15, -0.1) is 0 Å². The SMILES string of the molecule is CCCCC(=O)N1CC(=O)Nc2ccc(Cl)cc2[C@@H]1c1ccc(F)cc1. The highest BCUT2D eigenvalue weighted by Gasteiger charge is 2.33. The highest BCUT2D eigenvalue weighted by molar-refractivity contribution is 6.30. The van der Waals surface area contributed by atoms with Gasteiger partial charge in [-0.1, -0.05) is 37.1 Å². The number of nitrogens with zero attached hydrogens (tertiary/aromatic N) is 1. The molecule has 0 bridgehead atoms. The molecule has 0 spiro atoms. The molecule has 0 aliphatic carbocycles. The molecule has 6 heteroatoms. The summed E-state index contributed by atoms with van der Waals surface area (Å²) in [5.41, 5.74) is 2.07. The van der Waals surface area contributed by atoms with Gasteiger partial charge in [-0.3, -0.25) is 9.59 Å². The molecule has 1 atom stereocenters. The van der Waals surface area contributed by atoms with E-state index in [0.29, 0.717) is 17.1 Å². The van der Waals surface area contributed by atoms with Gasteiger partial charge in [0.15, 0.2) is 0 Å². The van der Waals surface area contributed by atoms with E-state index in [2.05, 4.69) is 5.32 Å². The molecule has 0 aromatic heterocycles. The lowest BCUT2D eigenvalue weighted by Crippen LogP contribution is -2.38. The van der Waals surface area contributed by atoms with Gasteiger partial charge in [0.05, 0.1) is 6.04 Å². The minimum absolute atomic E-state index is 0.0586. The Bertz CT molecular complexity index is 823. The highest BCUT2D eigenvalue weighted by atomic mass is 35.5. The predicted octanol–water partition coefficient (Wildman–Crippen LogP) is 4.54. The van der Waals surface area contributed by atoms with E-state index in [0.717, 1.165) is 24.0 Å². The van der Waals surface area contributed by atoms with Crippen molar-refractivity contribution in [3.63, 3.8) is 0 Å². The number of carbonyl (C=O) groups is 2. The Kier molecular flexibility index (Phi) is 5.57. The number of halogens is 2. The fourth-order valence-electron chi connectivity index (χ4n) is 3.19. The third-order valence-electron chi connectivity index (χ3n) is 4.46. The summed E-state index contributed by atoms with van der Waals surface area (Å²) in [6, 6.07) is 10.6. The summed E-state index contributed by atoms with van der Waals surface area (Å²) in [6.45, 7) is 1.95. The zero-order valence-corrected chi connectivity index (χ0v) is 15.2. The van der Waals surface area contributed by atoms with Gasteiger partial charge < -0.3 is 10.2 Å². The number of anilines is 1. The molecule has 26 heavy (non-hydrogen) atoms. The number of unbranched alkanes of at least 4 members (excludes halogenated alkanes) is 1. The Morgan fingerprint density at radius 3 is 2.69 bits per heavy atom. The zero-order chi connectivity index (χ0) is 18.7. The number of hydrogen-bond acceptors (Lipinski definition) is 2. The molecule has 1 heterocycles. The van der Waals surface area contributed by atoms with E-state index in [4.69, 9.17) is 11.6 Å². The van der Waals surface area contributed by atoms with Crippen LogP contribution in [0.15, 0.2) is 42.5 Å². The smallest absolute Gasteiger partial charge is 0.244 e. The predicted molar refractivity (Wildman–Crippen MR) is 99.6 cm³/mol. The van der Waals surface area contributed by atoms with E-state index in [1.165, 1.54) is 12.1 Å². The van der Waals surface area contributed by atoms with E-state index >= 15 is 0 Å². The van der Waals surface area contributed by atoms with Gasteiger partial charge in [-0.05, 0) is 42.3 Å². The van der Waals surface area contributed by atoms with E-state index in [1.807, 2.05) is 6.92 Å². The van der Waals surface area contributed by atoms with Gasteiger partial charge in [0.2, 0.25) is 11.8 Å². The third-order valence-corrected chi connectivity index (χ3v) is 4.69. The standard InChI is InChI=1S/C20H20ClFN2O2/c1-2-3-4-19(26)24-12-18(25)23-17-10-7-14(21)11-16(17)20(24)13-5-8-15(22)9-6-13/h5-11,20H,2-4,12H2,1H3,(H,23,25)/t20-/m0/s1. The van der Waals surface area contributed by atoms with Gasteiger partial charge in [-0.2, -0.15) is 0 Å². The average Bonchev–Trinajstić information content (AvgIpc) is 2.76. The lowest BCUT2D eigenvalue weighted by molar-refractivity contribution is -0.136. The van der Waals surface area contributed by atoms with E-state index in [9.17, 15) is 14.0 Å². The van der Waals surface area contributed by atoms with Gasteiger partial charge in [0.1, 0.15) is 12.4 Å². The molecular formula is C20H20ClFN2O2. The molecule has 0 saturated heterocycles. The number of amides is 2. The van der Waals surface area contributed by atoms with Crippen LogP contribution in [-0.4, -0.2) is 23.3 Å². The molecule has 2 amide bonds. The molecule has 0 fully saturated rings. The second-order valence-electron chi connectivity index (χ2n) is 6.36. The summed E-state index contributed by atoms with van der Waals surface area (Å²) in [5.74, 6) is -0.723. The van der Waals surface area contributed by atoms with Crippen LogP contribution in [-0.2, 0) is 9.59 Å². The highest BCUT2D eigenvalue weighted by Crippen LogP contribution is 2.37. The topological polar surface area (TPSA) is 49.4 Å². The molecule has 0 unspecified atom stereocenters. The molecular weight excluding hydrogens is 355 g/mol. The summed E-state index contributed by atoms with van der Waals surface area (Å²) in [7, 11) is 0. The molecule has 1 aliphatic rings. The Morgan fingerprint density at radius 1 is 1.27 bits per heavy atom. The van der Waals surface area contributed by atoms with Crippen molar-refractivity contribution in [1.29, 1.82) is 0 Å². The van der Waals surface area contributed by atoms with Crippen LogP contribution < -0.4 is 5.32 Å². The lowest BCUT2D eigenvalue weighted by Gasteiger charge is -2.30. The quantitative estimate of drug-likeness (QED) is 0.854. The van der Waals surface area contributed by atoms with Crippen LogP contribution in [0.25, 0.3) is 0 Å². The fourth-order valence-corrected chi connectivity index (χ4v) is 3.37. The summed E-state index contributed by atoms with van der Waals surface area (Å²) in [6.07, 6.45) is 1.99. The summed E-state index contributed by atoms with van der Waals surface area (Å²) in [5, 5.41) is 3.34. The average molecular weight is 375 g/mol. The Labute approximate surface area is 157 Å². The number of nitrogens with one attached hydrogen (secondary N) is 1. The van der Waals surface area contributed by atoms with Crippen LogP contribution in [0.4, 0.5) is 10.1 Å². The monoisotopic (exact) mass is 374 g/mol. The molecule has 4 nitrogen and oxygen atoms in total. The second kappa shape index (κ2) is 7.87. The number of benzene rings is 2. The largest absolute Gasteiger partial charge is 0.324 e. The minimum Gasteiger partial charge on any atom is -0.324 e. The van der Waals surface area contributed by atoms with E-state index < -0.39 is 6.04 Å². The van der Waals surface area contributed by atoms with E-state index in [-0.39, 0.29) is 24.2 Å². The van der Waals surface area contributed by atoms with Crippen molar-refractivity contribution in [2.24, 2.45) is 0 Å². The maximum absolute atomic E-state index is 13.4. The van der Waals surface area contributed by atoms with Gasteiger partial charge in [0.25, 0.3) is 0 Å². The number of fused-ring (bicyclic) bond motifs is 1. The van der Waals surface area contributed by atoms with Gasteiger partial charge in [-0.25, -0.2) is 4.39 Å². The van der Waals surface area contributed by atoms with Crippen LogP contribution in [0.2, 0.25) is 5.02 Å². The molecule has 1 N–H and O–H groups in total. The first kappa shape index (κ1) is 18.4. The Balaban J connectivity index is 2.12. The lowest BCUT2D eigenvalue weighted by atomic mass is 9.95. The maximum Gasteiger partial charge on any atom is 0.244 e. The molecule has 0 radical (unpaired) electrons. The maximum atomic E-state index is 13.4. The molecule has 0 saturated carbocycles.